The van der Waals surface area contributed by atoms with Gasteiger partial charge in [-0.3, -0.25) is 19.3 Å². The third kappa shape index (κ3) is 5.57. The van der Waals surface area contributed by atoms with E-state index in [0.717, 1.165) is 27.8 Å². The van der Waals surface area contributed by atoms with Crippen LogP contribution in [0.15, 0.2) is 54.7 Å². The number of halogens is 2. The molecule has 0 saturated carbocycles. The van der Waals surface area contributed by atoms with E-state index in [1.54, 1.807) is 48.1 Å². The lowest BCUT2D eigenvalue weighted by molar-refractivity contribution is -0.121. The summed E-state index contributed by atoms with van der Waals surface area (Å²) in [5, 5.41) is 11.6. The highest BCUT2D eigenvalue weighted by atomic mass is 35.5. The van der Waals surface area contributed by atoms with Gasteiger partial charge in [-0.2, -0.15) is 5.10 Å². The number of nitrogens with zero attached hydrogens (tertiary/aromatic N) is 5. The highest BCUT2D eigenvalue weighted by Gasteiger charge is 2.23. The van der Waals surface area contributed by atoms with Gasteiger partial charge in [0.25, 0.3) is 5.91 Å². The lowest BCUT2D eigenvalue weighted by atomic mass is 10.1. The van der Waals surface area contributed by atoms with Crippen LogP contribution in [0.3, 0.4) is 0 Å². The van der Waals surface area contributed by atoms with Gasteiger partial charge in [0.1, 0.15) is 11.5 Å². The Hall–Kier alpha value is -4.02. The molecule has 0 unspecified atom stereocenters. The largest absolute Gasteiger partial charge is 0.358 e. The maximum atomic E-state index is 14.0. The van der Waals surface area contributed by atoms with E-state index in [4.69, 9.17) is 11.6 Å². The first-order chi connectivity index (χ1) is 18.9. The number of aryl methyl sites for hydroxylation is 1. The van der Waals surface area contributed by atoms with Crippen molar-refractivity contribution in [2.75, 3.05) is 44.7 Å². The minimum absolute atomic E-state index is 0.0417. The Balaban J connectivity index is 1.62. The second kappa shape index (κ2) is 11.4. The summed E-state index contributed by atoms with van der Waals surface area (Å²) in [5.74, 6) is -0.970. The van der Waals surface area contributed by atoms with Gasteiger partial charge in [-0.15, -0.1) is 0 Å². The Bertz CT molecular complexity index is 1540. The first-order valence-corrected chi connectivity index (χ1v) is 13.1. The van der Waals surface area contributed by atoms with Crippen molar-refractivity contribution in [1.82, 2.24) is 30.3 Å². The zero-order valence-electron chi connectivity index (χ0n) is 21.7. The molecule has 2 amide bonds. The predicted molar refractivity (Wildman–Crippen MR) is 150 cm³/mol. The summed E-state index contributed by atoms with van der Waals surface area (Å²) in [6, 6.07) is 14.2. The summed E-state index contributed by atoms with van der Waals surface area (Å²) < 4.78 is 15.6. The van der Waals surface area contributed by atoms with Crippen molar-refractivity contribution in [1.29, 1.82) is 0 Å². The minimum Gasteiger partial charge on any atom is -0.358 e. The summed E-state index contributed by atoms with van der Waals surface area (Å²) in [7, 11) is 3.27. The van der Waals surface area contributed by atoms with Gasteiger partial charge in [0.15, 0.2) is 0 Å². The van der Waals surface area contributed by atoms with Crippen LogP contribution in [0.25, 0.3) is 22.2 Å². The average Bonchev–Trinajstić information content (AvgIpc) is 3.33. The zero-order chi connectivity index (χ0) is 27.5. The molecule has 5 rings (SSSR count). The molecule has 0 saturated heterocycles. The molecule has 2 aromatic carbocycles. The molecule has 0 aliphatic carbocycles. The molecule has 3 heterocycles. The number of carbonyl (C=O) groups excluding carboxylic acids is 2. The Kier molecular flexibility index (Phi) is 7.76. The molecule has 0 radical (unpaired) electrons. The van der Waals surface area contributed by atoms with Crippen molar-refractivity contribution in [2.45, 2.75) is 6.42 Å². The number of fused-ring (bicyclic) bond motifs is 4. The number of pyridine rings is 1. The molecule has 9 nitrogen and oxygen atoms in total. The van der Waals surface area contributed by atoms with E-state index in [2.05, 4.69) is 25.6 Å². The molecule has 4 aromatic rings. The number of anilines is 2. The monoisotopic (exact) mass is 549 g/mol. The number of carbonyl (C=O) groups is 2. The van der Waals surface area contributed by atoms with E-state index in [1.165, 1.54) is 6.07 Å². The fourth-order valence-electron chi connectivity index (χ4n) is 4.75. The van der Waals surface area contributed by atoms with Gasteiger partial charge in [-0.05, 0) is 55.4 Å². The van der Waals surface area contributed by atoms with E-state index in [-0.39, 0.29) is 23.4 Å². The summed E-state index contributed by atoms with van der Waals surface area (Å²) in [5.41, 5.74) is 4.26. The van der Waals surface area contributed by atoms with Crippen LogP contribution in [-0.4, -0.2) is 71.3 Å². The number of aromatic nitrogens is 3. The van der Waals surface area contributed by atoms with Gasteiger partial charge in [0.2, 0.25) is 5.91 Å². The molecule has 1 aliphatic rings. The Morgan fingerprint density at radius 2 is 1.97 bits per heavy atom. The molecule has 11 heteroatoms. The van der Waals surface area contributed by atoms with E-state index < -0.39 is 5.82 Å². The lowest BCUT2D eigenvalue weighted by Crippen LogP contribution is -2.41. The number of hydrogen-bond acceptors (Lipinski definition) is 6. The Morgan fingerprint density at radius 1 is 1.13 bits per heavy atom. The highest BCUT2D eigenvalue weighted by molar-refractivity contribution is 6.31. The molecule has 2 N–H and O–H groups in total. The van der Waals surface area contributed by atoms with Gasteiger partial charge in [-0.25, -0.2) is 4.39 Å². The number of likely N-dealkylation sites (N-methyl/N-ethyl adjacent to an activating group) is 1. The van der Waals surface area contributed by atoms with Crippen LogP contribution in [0.1, 0.15) is 16.9 Å². The van der Waals surface area contributed by atoms with Crippen LogP contribution < -0.4 is 15.5 Å². The first-order valence-electron chi connectivity index (χ1n) is 12.7. The molecule has 0 atom stereocenters. The van der Waals surface area contributed by atoms with Crippen LogP contribution in [0, 0.1) is 5.82 Å². The van der Waals surface area contributed by atoms with Crippen molar-refractivity contribution in [2.24, 2.45) is 7.05 Å². The number of hydrogen-bond donors (Lipinski definition) is 2. The average molecular weight is 550 g/mol. The van der Waals surface area contributed by atoms with Crippen molar-refractivity contribution in [3.05, 3.63) is 71.3 Å². The van der Waals surface area contributed by atoms with Crippen molar-refractivity contribution in [3.8, 4) is 11.3 Å². The molecule has 4 bridgehead atoms. The third-order valence-electron chi connectivity index (χ3n) is 6.81. The molecular formula is C28H29ClFN7O2. The lowest BCUT2D eigenvalue weighted by Gasteiger charge is -2.27. The van der Waals surface area contributed by atoms with E-state index in [0.29, 0.717) is 44.0 Å². The van der Waals surface area contributed by atoms with Gasteiger partial charge in [-0.1, -0.05) is 17.7 Å². The highest BCUT2D eigenvalue weighted by Crippen LogP contribution is 2.35. The van der Waals surface area contributed by atoms with Gasteiger partial charge in [0, 0.05) is 56.6 Å². The van der Waals surface area contributed by atoms with Crippen LogP contribution in [0.5, 0.6) is 0 Å². The number of amides is 2. The van der Waals surface area contributed by atoms with Crippen molar-refractivity contribution >= 4 is 45.7 Å². The SMILES string of the molecule is CNC(=O)CN1CCCNCCN(c2ccc(F)c(Cl)c2)c2ccnc3ccc(cc23)-c2cc(n(C)n2)C1=O. The quantitative estimate of drug-likeness (QED) is 0.404. The van der Waals surface area contributed by atoms with E-state index in [1.807, 2.05) is 24.3 Å². The normalized spacial score (nSPS) is 14.7. The van der Waals surface area contributed by atoms with Gasteiger partial charge in [0.05, 0.1) is 28.5 Å². The fourth-order valence-corrected chi connectivity index (χ4v) is 4.93. The topological polar surface area (TPSA) is 95.4 Å². The smallest absolute Gasteiger partial charge is 0.272 e. The molecule has 2 aromatic heterocycles. The second-order valence-corrected chi connectivity index (χ2v) is 9.76. The van der Waals surface area contributed by atoms with Gasteiger partial charge < -0.3 is 20.4 Å². The summed E-state index contributed by atoms with van der Waals surface area (Å²) >= 11 is 6.17. The minimum atomic E-state index is -0.475. The van der Waals surface area contributed by atoms with E-state index >= 15 is 0 Å². The second-order valence-electron chi connectivity index (χ2n) is 9.35. The third-order valence-corrected chi connectivity index (χ3v) is 7.10. The first kappa shape index (κ1) is 26.6. The molecule has 1 aliphatic heterocycles. The summed E-state index contributed by atoms with van der Waals surface area (Å²) in [6.07, 6.45) is 2.40. The van der Waals surface area contributed by atoms with Crippen LogP contribution in [0.4, 0.5) is 15.8 Å². The van der Waals surface area contributed by atoms with Crippen LogP contribution in [0.2, 0.25) is 5.02 Å². The molecule has 0 spiro atoms. The summed E-state index contributed by atoms with van der Waals surface area (Å²) in [6.45, 7) is 2.17. The van der Waals surface area contributed by atoms with Crippen LogP contribution >= 0.6 is 11.6 Å². The van der Waals surface area contributed by atoms with Crippen LogP contribution in [-0.2, 0) is 11.8 Å². The molecule has 0 fully saturated rings. The Labute approximate surface area is 230 Å². The number of nitrogens with one attached hydrogen (secondary N) is 2. The van der Waals surface area contributed by atoms with Crippen molar-refractivity contribution in [3.63, 3.8) is 0 Å². The standard InChI is InChI=1S/C28H29ClFN7O2/c1-31-27(38)17-36-12-3-9-32-11-13-37(19-5-6-22(30)21(29)15-19)25-8-10-33-23-7-4-18(14-20(23)25)24-16-26(28(36)39)35(2)34-24/h4-8,10,14-16,32H,3,9,11-13,17H2,1-2H3,(H,31,38). The van der Waals surface area contributed by atoms with E-state index in [9.17, 15) is 14.0 Å². The fraction of sp³-hybridized carbons (Fsp3) is 0.286. The maximum Gasteiger partial charge on any atom is 0.272 e. The Morgan fingerprint density at radius 3 is 2.77 bits per heavy atom. The zero-order valence-corrected chi connectivity index (χ0v) is 22.5. The number of benzene rings is 2. The molecule has 202 valence electrons. The molecule has 39 heavy (non-hydrogen) atoms. The molecular weight excluding hydrogens is 521 g/mol. The maximum absolute atomic E-state index is 14.0. The van der Waals surface area contributed by atoms with Crippen molar-refractivity contribution < 1.29 is 14.0 Å². The number of rotatable bonds is 3. The summed E-state index contributed by atoms with van der Waals surface area (Å²) in [4.78, 5) is 33.8. The predicted octanol–water partition coefficient (Wildman–Crippen LogP) is 3.75. The van der Waals surface area contributed by atoms with Gasteiger partial charge >= 0.3 is 0 Å².